The Kier molecular flexibility index (Phi) is 3.77. The van der Waals surface area contributed by atoms with Crippen LogP contribution in [-0.4, -0.2) is 26.5 Å². The molecule has 1 aliphatic carbocycles. The van der Waals surface area contributed by atoms with Crippen LogP contribution >= 0.6 is 0 Å². The van der Waals surface area contributed by atoms with Gasteiger partial charge in [0.25, 0.3) is 11.8 Å². The van der Waals surface area contributed by atoms with E-state index in [0.717, 1.165) is 18.5 Å². The molecule has 0 unspecified atom stereocenters. The van der Waals surface area contributed by atoms with Crippen LogP contribution in [0.15, 0.2) is 53.4 Å². The minimum Gasteiger partial charge on any atom is -0.360 e. The monoisotopic (exact) mass is 337 g/mol. The number of carbonyl (C=O) groups is 2. The van der Waals surface area contributed by atoms with Gasteiger partial charge in [-0.15, -0.1) is 0 Å². The van der Waals surface area contributed by atoms with Gasteiger partial charge in [0.05, 0.1) is 12.5 Å². The van der Waals surface area contributed by atoms with Crippen LogP contribution in [0.25, 0.3) is 5.69 Å². The zero-order chi connectivity index (χ0) is 17.2. The largest absolute Gasteiger partial charge is 0.360 e. The molecule has 3 aromatic rings. The first-order chi connectivity index (χ1) is 12.2. The Balaban J connectivity index is 1.42. The Hall–Kier alpha value is -3.42. The molecule has 1 fully saturated rings. The van der Waals surface area contributed by atoms with Crippen molar-refractivity contribution in [2.75, 3.05) is 0 Å². The van der Waals surface area contributed by atoms with Crippen LogP contribution in [-0.2, 0) is 0 Å². The Bertz CT molecular complexity index is 911. The Morgan fingerprint density at radius 1 is 1.12 bits per heavy atom. The first kappa shape index (κ1) is 15.1. The summed E-state index contributed by atoms with van der Waals surface area (Å²) in [5.41, 5.74) is 5.93. The van der Waals surface area contributed by atoms with Crippen molar-refractivity contribution in [1.29, 1.82) is 0 Å². The third kappa shape index (κ3) is 3.14. The third-order valence-electron chi connectivity index (χ3n) is 3.94. The quantitative estimate of drug-likeness (QED) is 0.707. The van der Waals surface area contributed by atoms with Gasteiger partial charge in [0.1, 0.15) is 11.5 Å². The summed E-state index contributed by atoms with van der Waals surface area (Å²) < 4.78 is 6.76. The van der Waals surface area contributed by atoms with E-state index in [1.165, 1.54) is 12.5 Å². The number of carbonyl (C=O) groups excluding carboxylic acids is 2. The number of para-hydroxylation sites is 1. The highest BCUT2D eigenvalue weighted by atomic mass is 16.5. The average Bonchev–Trinajstić information content (AvgIpc) is 3.18. The number of benzene rings is 1. The van der Waals surface area contributed by atoms with E-state index in [1.54, 1.807) is 10.6 Å². The number of amides is 2. The van der Waals surface area contributed by atoms with E-state index in [4.69, 9.17) is 4.52 Å². The predicted molar refractivity (Wildman–Crippen MR) is 87.0 cm³/mol. The number of imidazole rings is 1. The van der Waals surface area contributed by atoms with Crippen LogP contribution < -0.4 is 10.9 Å². The van der Waals surface area contributed by atoms with Crippen molar-refractivity contribution < 1.29 is 14.1 Å². The zero-order valence-electron chi connectivity index (χ0n) is 13.2. The summed E-state index contributed by atoms with van der Waals surface area (Å²) in [6, 6.07) is 10.9. The summed E-state index contributed by atoms with van der Waals surface area (Å²) in [5.74, 6) is 0.0536. The molecule has 1 aliphatic rings. The van der Waals surface area contributed by atoms with Crippen LogP contribution in [0, 0.1) is 0 Å². The molecule has 0 aliphatic heterocycles. The number of rotatable bonds is 4. The number of aromatic nitrogens is 3. The van der Waals surface area contributed by atoms with Crippen LogP contribution in [0.2, 0.25) is 0 Å². The SMILES string of the molecule is O=C(NNC(=O)c1cncn1-c1ccccc1)c1cc(C2CC2)on1. The topological polar surface area (TPSA) is 102 Å². The fourth-order valence-electron chi connectivity index (χ4n) is 2.46. The highest BCUT2D eigenvalue weighted by Gasteiger charge is 2.29. The van der Waals surface area contributed by atoms with Crippen molar-refractivity contribution in [3.05, 3.63) is 66.1 Å². The number of hydrogen-bond acceptors (Lipinski definition) is 5. The van der Waals surface area contributed by atoms with Gasteiger partial charge in [-0.2, -0.15) is 0 Å². The van der Waals surface area contributed by atoms with E-state index in [-0.39, 0.29) is 5.69 Å². The van der Waals surface area contributed by atoms with E-state index in [9.17, 15) is 9.59 Å². The second kappa shape index (κ2) is 6.23. The molecule has 0 atom stereocenters. The molecule has 0 saturated heterocycles. The summed E-state index contributed by atoms with van der Waals surface area (Å²) >= 11 is 0. The van der Waals surface area contributed by atoms with E-state index in [1.807, 2.05) is 30.3 Å². The van der Waals surface area contributed by atoms with Crippen LogP contribution in [0.3, 0.4) is 0 Å². The standard InChI is InChI=1S/C17H15N5O3/c23-16(13-8-15(25-21-13)11-6-7-11)19-20-17(24)14-9-18-10-22(14)12-4-2-1-3-5-12/h1-5,8-11H,6-7H2,(H,19,23)(H,20,24). The zero-order valence-corrected chi connectivity index (χ0v) is 13.2. The number of hydrazine groups is 1. The number of hydrogen-bond donors (Lipinski definition) is 2. The molecule has 8 heteroatoms. The lowest BCUT2D eigenvalue weighted by atomic mass is 10.3. The van der Waals surface area contributed by atoms with Crippen LogP contribution in [0.5, 0.6) is 0 Å². The molecule has 0 bridgehead atoms. The second-order valence-electron chi connectivity index (χ2n) is 5.78. The number of nitrogens with zero attached hydrogens (tertiary/aromatic N) is 3. The van der Waals surface area contributed by atoms with Crippen molar-refractivity contribution in [2.45, 2.75) is 18.8 Å². The van der Waals surface area contributed by atoms with Gasteiger partial charge in [0, 0.05) is 17.7 Å². The van der Waals surface area contributed by atoms with E-state index in [2.05, 4.69) is 21.0 Å². The lowest BCUT2D eigenvalue weighted by molar-refractivity contribution is 0.0838. The van der Waals surface area contributed by atoms with Crippen molar-refractivity contribution >= 4 is 11.8 Å². The molecule has 1 aromatic carbocycles. The summed E-state index contributed by atoms with van der Waals surface area (Å²) in [7, 11) is 0. The molecule has 0 radical (unpaired) electrons. The Morgan fingerprint density at radius 2 is 1.88 bits per heavy atom. The maximum atomic E-state index is 12.3. The summed E-state index contributed by atoms with van der Waals surface area (Å²) in [6.07, 6.45) is 5.06. The lowest BCUT2D eigenvalue weighted by Gasteiger charge is -2.09. The number of nitrogens with one attached hydrogen (secondary N) is 2. The smallest absolute Gasteiger partial charge is 0.291 e. The highest BCUT2D eigenvalue weighted by Crippen LogP contribution is 2.40. The summed E-state index contributed by atoms with van der Waals surface area (Å²) in [4.78, 5) is 28.4. The molecule has 2 aromatic heterocycles. The van der Waals surface area contributed by atoms with E-state index in [0.29, 0.717) is 17.4 Å². The van der Waals surface area contributed by atoms with Gasteiger partial charge in [-0.3, -0.25) is 25.0 Å². The molecule has 2 heterocycles. The van der Waals surface area contributed by atoms with Gasteiger partial charge in [-0.05, 0) is 25.0 Å². The Morgan fingerprint density at radius 3 is 2.64 bits per heavy atom. The molecule has 8 nitrogen and oxygen atoms in total. The maximum Gasteiger partial charge on any atom is 0.291 e. The maximum absolute atomic E-state index is 12.3. The minimum absolute atomic E-state index is 0.138. The first-order valence-electron chi connectivity index (χ1n) is 7.87. The molecular formula is C17H15N5O3. The summed E-state index contributed by atoms with van der Waals surface area (Å²) in [6.45, 7) is 0. The first-order valence-corrected chi connectivity index (χ1v) is 7.87. The highest BCUT2D eigenvalue weighted by molar-refractivity contribution is 5.97. The normalized spacial score (nSPS) is 13.4. The predicted octanol–water partition coefficient (Wildman–Crippen LogP) is 1.81. The van der Waals surface area contributed by atoms with Gasteiger partial charge in [0.2, 0.25) is 0 Å². The lowest BCUT2D eigenvalue weighted by Crippen LogP contribution is -2.42. The molecule has 2 N–H and O–H groups in total. The second-order valence-corrected chi connectivity index (χ2v) is 5.78. The fraction of sp³-hybridized carbons (Fsp3) is 0.176. The van der Waals surface area contributed by atoms with Gasteiger partial charge in [-0.25, -0.2) is 4.98 Å². The van der Waals surface area contributed by atoms with Crippen molar-refractivity contribution in [2.24, 2.45) is 0 Å². The fourth-order valence-corrected chi connectivity index (χ4v) is 2.46. The molecule has 0 spiro atoms. The van der Waals surface area contributed by atoms with Crippen LogP contribution in [0.4, 0.5) is 0 Å². The van der Waals surface area contributed by atoms with Gasteiger partial charge in [-0.1, -0.05) is 23.4 Å². The van der Waals surface area contributed by atoms with Gasteiger partial charge in [0.15, 0.2) is 5.69 Å². The Labute approximate surface area is 142 Å². The third-order valence-corrected chi connectivity index (χ3v) is 3.94. The van der Waals surface area contributed by atoms with Crippen LogP contribution in [0.1, 0.15) is 45.5 Å². The van der Waals surface area contributed by atoms with Gasteiger partial charge < -0.3 is 4.52 Å². The minimum atomic E-state index is -0.533. The molecular weight excluding hydrogens is 322 g/mol. The van der Waals surface area contributed by atoms with Gasteiger partial charge >= 0.3 is 0 Å². The molecule has 126 valence electrons. The van der Waals surface area contributed by atoms with Crippen molar-refractivity contribution in [3.63, 3.8) is 0 Å². The average molecular weight is 337 g/mol. The van der Waals surface area contributed by atoms with E-state index >= 15 is 0 Å². The van der Waals surface area contributed by atoms with Crippen molar-refractivity contribution in [3.8, 4) is 5.69 Å². The summed E-state index contributed by atoms with van der Waals surface area (Å²) in [5, 5.41) is 3.73. The van der Waals surface area contributed by atoms with Crippen molar-refractivity contribution in [1.82, 2.24) is 25.6 Å². The molecule has 2 amide bonds. The molecule has 4 rings (SSSR count). The molecule has 1 saturated carbocycles. The van der Waals surface area contributed by atoms with E-state index < -0.39 is 11.8 Å². The molecule has 25 heavy (non-hydrogen) atoms.